The Balaban J connectivity index is 0.000000200. The molecule has 0 spiro atoms. The van der Waals surface area contributed by atoms with Gasteiger partial charge in [0.1, 0.15) is 11.4 Å². The lowest BCUT2D eigenvalue weighted by molar-refractivity contribution is -0.545. The average molecular weight is 808 g/mol. The first-order valence-corrected chi connectivity index (χ1v) is 16.2. The van der Waals surface area contributed by atoms with Gasteiger partial charge in [0.2, 0.25) is 0 Å². The molecule has 16 heteroatoms. The zero-order valence-corrected chi connectivity index (χ0v) is 30.6. The lowest BCUT2D eigenvalue weighted by atomic mass is 10.2. The van der Waals surface area contributed by atoms with Crippen LogP contribution in [0.2, 0.25) is 0 Å². The molecule has 54 heavy (non-hydrogen) atoms. The largest absolute Gasteiger partial charge is 1.00 e. The number of rotatable bonds is 8. The van der Waals surface area contributed by atoms with Gasteiger partial charge in [-0.2, -0.15) is 10.9 Å². The van der Waals surface area contributed by atoms with E-state index in [2.05, 4.69) is 0 Å². The summed E-state index contributed by atoms with van der Waals surface area (Å²) in [7, 11) is 0. The number of hydrazine groups is 2. The number of nitrogens with zero attached hydrogens (tertiary/aromatic N) is 8. The second kappa shape index (κ2) is 17.7. The van der Waals surface area contributed by atoms with Crippen LogP contribution in [0.4, 0.5) is 34.1 Å². The molecule has 0 bridgehead atoms. The van der Waals surface area contributed by atoms with E-state index < -0.39 is 9.85 Å². The van der Waals surface area contributed by atoms with Crippen LogP contribution in [0.5, 0.6) is 0 Å². The summed E-state index contributed by atoms with van der Waals surface area (Å²) >= 11 is 0. The van der Waals surface area contributed by atoms with Crippen molar-refractivity contribution in [2.45, 2.75) is 0 Å². The van der Waals surface area contributed by atoms with Gasteiger partial charge in [0, 0.05) is 24.3 Å². The highest BCUT2D eigenvalue weighted by Crippen LogP contribution is 2.26. The third kappa shape index (κ3) is 8.68. The molecule has 0 aliphatic carbocycles. The molecule has 0 aromatic heterocycles. The molecule has 0 radical (unpaired) electrons. The second-order valence-electron chi connectivity index (χ2n) is 11.4. The van der Waals surface area contributed by atoms with E-state index in [1.165, 1.54) is 24.3 Å². The van der Waals surface area contributed by atoms with Crippen molar-refractivity contribution < 1.29 is 50.1 Å². The summed E-state index contributed by atoms with van der Waals surface area (Å²) in [5.74, 6) is 1.63. The lowest BCUT2D eigenvalue weighted by Crippen LogP contribution is -3.00. The summed E-state index contributed by atoms with van der Waals surface area (Å²) in [6.45, 7) is 0. The highest BCUT2D eigenvalue weighted by atomic mass is 79.9. The van der Waals surface area contributed by atoms with Gasteiger partial charge in [-0.1, -0.05) is 83.0 Å². The van der Waals surface area contributed by atoms with Crippen molar-refractivity contribution in [1.29, 1.82) is 0 Å². The fraction of sp³-hybridized carbons (Fsp3) is 0. The summed E-state index contributed by atoms with van der Waals surface area (Å²) in [5.41, 5.74) is 9.32. The quantitative estimate of drug-likeness (QED) is 0.117. The summed E-state index contributed by atoms with van der Waals surface area (Å²) in [6.07, 6.45) is 0. The number of hydrogen-bond donors (Lipinski definition) is 2. The predicted molar refractivity (Wildman–Crippen MR) is 199 cm³/mol. The molecule has 2 aliphatic heterocycles. The average Bonchev–Trinajstić information content (AvgIpc) is 3.86. The van der Waals surface area contributed by atoms with E-state index in [-0.39, 0.29) is 40.8 Å². The molecule has 0 atom stereocenters. The van der Waals surface area contributed by atoms with Crippen molar-refractivity contribution in [3.63, 3.8) is 0 Å². The van der Waals surface area contributed by atoms with Crippen LogP contribution in [0.25, 0.3) is 0 Å². The number of non-ortho nitro benzene ring substituents is 2. The van der Waals surface area contributed by atoms with Crippen molar-refractivity contribution in [2.24, 2.45) is 10.2 Å². The minimum absolute atomic E-state index is 0. The number of hydrazone groups is 2. The van der Waals surface area contributed by atoms with E-state index in [1.54, 1.807) is 34.5 Å². The third-order valence-electron chi connectivity index (χ3n) is 8.07. The summed E-state index contributed by atoms with van der Waals surface area (Å²) in [4.78, 5) is 21.0. The first kappa shape index (κ1) is 38.6. The van der Waals surface area contributed by atoms with Crippen molar-refractivity contribution in [2.75, 3.05) is 20.5 Å². The molecule has 4 N–H and O–H groups in total. The van der Waals surface area contributed by atoms with Gasteiger partial charge in [-0.25, -0.2) is 0 Å². The van der Waals surface area contributed by atoms with Crippen molar-refractivity contribution >= 4 is 45.8 Å². The Morgan fingerprint density at radius 3 is 1.02 bits per heavy atom. The number of para-hydroxylation sites is 2. The van der Waals surface area contributed by atoms with Crippen LogP contribution in [0.15, 0.2) is 180 Å². The van der Waals surface area contributed by atoms with Gasteiger partial charge in [-0.15, -0.1) is 20.5 Å². The Kier molecular flexibility index (Phi) is 12.7. The number of hydrogen-bond acceptors (Lipinski definition) is 10. The van der Waals surface area contributed by atoms with Gasteiger partial charge in [-0.05, 0) is 72.8 Å². The molecular formula is C38H32BrClN10O4. The number of quaternary nitrogens is 2. The van der Waals surface area contributed by atoms with Crippen LogP contribution in [0, 0.1) is 20.2 Å². The van der Waals surface area contributed by atoms with E-state index in [9.17, 15) is 20.2 Å². The number of anilines is 4. The number of nitrogens with two attached hydrogens (primary N) is 2. The number of amidine groups is 2. The summed E-state index contributed by atoms with van der Waals surface area (Å²) < 4.78 is 0. The molecule has 272 valence electrons. The molecule has 14 nitrogen and oxygen atoms in total. The highest BCUT2D eigenvalue weighted by molar-refractivity contribution is 5.94. The number of nitro groups is 2. The van der Waals surface area contributed by atoms with Crippen LogP contribution in [-0.4, -0.2) is 21.5 Å². The van der Waals surface area contributed by atoms with Crippen LogP contribution < -0.4 is 60.7 Å². The van der Waals surface area contributed by atoms with Crippen LogP contribution in [-0.2, 0) is 0 Å². The first-order valence-electron chi connectivity index (χ1n) is 16.2. The van der Waals surface area contributed by atoms with Gasteiger partial charge in [0.05, 0.1) is 32.3 Å². The highest BCUT2D eigenvalue weighted by Gasteiger charge is 2.32. The monoisotopic (exact) mass is 806 g/mol. The van der Waals surface area contributed by atoms with Crippen molar-refractivity contribution in [3.05, 3.63) is 201 Å². The Morgan fingerprint density at radius 1 is 0.426 bits per heavy atom. The Bertz CT molecular complexity index is 2060. The molecule has 2 heterocycles. The van der Waals surface area contributed by atoms with Gasteiger partial charge in [0.25, 0.3) is 23.0 Å². The van der Waals surface area contributed by atoms with E-state index in [4.69, 9.17) is 10.2 Å². The normalized spacial score (nSPS) is 13.1. The Labute approximate surface area is 326 Å². The molecule has 0 fully saturated rings. The van der Waals surface area contributed by atoms with Gasteiger partial charge >= 0.3 is 0 Å². The van der Waals surface area contributed by atoms with Crippen LogP contribution >= 0.6 is 0 Å². The smallest absolute Gasteiger partial charge is 0.277 e. The van der Waals surface area contributed by atoms with Gasteiger partial charge in [-0.3, -0.25) is 20.2 Å². The Hall–Kier alpha value is -6.65. The topological polar surface area (TPSA) is 157 Å². The lowest BCUT2D eigenvalue weighted by Gasteiger charge is -2.23. The van der Waals surface area contributed by atoms with Crippen molar-refractivity contribution in [3.8, 4) is 0 Å². The van der Waals surface area contributed by atoms with Gasteiger partial charge < -0.3 is 29.4 Å². The molecule has 0 unspecified atom stereocenters. The third-order valence-corrected chi connectivity index (χ3v) is 8.07. The minimum atomic E-state index is -0.404. The molecule has 0 saturated heterocycles. The molecule has 6 aromatic carbocycles. The molecule has 2 aliphatic rings. The summed E-state index contributed by atoms with van der Waals surface area (Å²) in [5, 5.41) is 38.6. The van der Waals surface area contributed by atoms with Gasteiger partial charge in [0.15, 0.2) is 0 Å². The fourth-order valence-electron chi connectivity index (χ4n) is 5.48. The molecule has 0 amide bonds. The Morgan fingerprint density at radius 2 is 0.722 bits per heavy atom. The van der Waals surface area contributed by atoms with E-state index in [0.717, 1.165) is 45.5 Å². The first-order chi connectivity index (χ1) is 25.4. The molecule has 8 rings (SSSR count). The number of benzene rings is 6. The molecular weight excluding hydrogens is 776 g/mol. The zero-order valence-electron chi connectivity index (χ0n) is 28.3. The maximum Gasteiger partial charge on any atom is 0.277 e. The fourth-order valence-corrected chi connectivity index (χ4v) is 5.48. The van der Waals surface area contributed by atoms with E-state index in [1.807, 2.05) is 142 Å². The minimum Gasteiger partial charge on any atom is -1.00 e. The SMILES string of the molecule is O=[N+]([O-])c1ccc(N2[NH2+]C(c3ccccc3)=NN2c2ccccc2)cc1.O=[N+]([O-])c1ccc(N2[NH2+]C(c3ccccc3)=NN2c2ccccc2)cc1.[Br-].[Cl-]. The van der Waals surface area contributed by atoms with E-state index in [0.29, 0.717) is 0 Å². The summed E-state index contributed by atoms with van der Waals surface area (Å²) in [6, 6.07) is 52.1. The number of nitro benzene ring substituents is 2. The zero-order chi connectivity index (χ0) is 35.9. The number of halogens is 2. The van der Waals surface area contributed by atoms with Crippen LogP contribution in [0.1, 0.15) is 11.1 Å². The molecule has 6 aromatic rings. The van der Waals surface area contributed by atoms with Crippen molar-refractivity contribution in [1.82, 2.24) is 0 Å². The van der Waals surface area contributed by atoms with E-state index >= 15 is 0 Å². The van der Waals surface area contributed by atoms with Crippen LogP contribution in [0.3, 0.4) is 0 Å². The maximum atomic E-state index is 10.9. The predicted octanol–water partition coefficient (Wildman–Crippen LogP) is -0.639. The standard InChI is InChI=1S/2C19H15N5O2.BrH.ClH/c2*25-24(26)18-13-11-17(12-14-18)23-21-19(15-7-3-1-4-8-15)20-22(23)16-9-5-2-6-10-16;;/h2*1-14H,(H,20,21);2*1H. The molecule has 0 saturated carbocycles. The second-order valence-corrected chi connectivity index (χ2v) is 11.4. The maximum absolute atomic E-state index is 10.9.